The molecule has 1 unspecified atom stereocenters. The highest BCUT2D eigenvalue weighted by atomic mass is 16.3. The fourth-order valence-electron chi connectivity index (χ4n) is 2.19. The van der Waals surface area contributed by atoms with Crippen molar-refractivity contribution >= 4 is 5.91 Å². The third kappa shape index (κ3) is 3.27. The fourth-order valence-corrected chi connectivity index (χ4v) is 2.19. The molecule has 0 saturated carbocycles. The Morgan fingerprint density at radius 1 is 1.30 bits per heavy atom. The molecule has 0 saturated heterocycles. The molecular formula is C16H19NO3. The second-order valence-electron chi connectivity index (χ2n) is 4.56. The molecule has 1 heterocycles. The van der Waals surface area contributed by atoms with Crippen LogP contribution in [0.15, 0.2) is 47.1 Å². The monoisotopic (exact) mass is 273 g/mol. The first-order chi connectivity index (χ1) is 9.76. The van der Waals surface area contributed by atoms with Crippen LogP contribution in [0.2, 0.25) is 0 Å². The molecule has 20 heavy (non-hydrogen) atoms. The zero-order chi connectivity index (χ0) is 14.4. The van der Waals surface area contributed by atoms with Gasteiger partial charge in [-0.3, -0.25) is 4.79 Å². The molecule has 0 aliphatic heterocycles. The standard InChI is InChI=1S/C16H19NO3/c1-2-12-6-3-4-7-13(12)16(19)17-14(9-10-18)15-8-5-11-20-15/h3-8,11,14,18H,2,9-10H2,1H3,(H,17,19). The van der Waals surface area contributed by atoms with Crippen molar-refractivity contribution < 1.29 is 14.3 Å². The SMILES string of the molecule is CCc1ccccc1C(=O)NC(CCO)c1ccco1. The number of carbonyl (C=O) groups is 1. The first-order valence-electron chi connectivity index (χ1n) is 6.79. The van der Waals surface area contributed by atoms with Gasteiger partial charge in [0.15, 0.2) is 0 Å². The minimum Gasteiger partial charge on any atom is -0.467 e. The van der Waals surface area contributed by atoms with E-state index in [1.54, 1.807) is 18.4 Å². The summed E-state index contributed by atoms with van der Waals surface area (Å²) in [6.45, 7) is 2.00. The van der Waals surface area contributed by atoms with Gasteiger partial charge < -0.3 is 14.8 Å². The molecule has 106 valence electrons. The van der Waals surface area contributed by atoms with Crippen LogP contribution in [-0.2, 0) is 6.42 Å². The average molecular weight is 273 g/mol. The Morgan fingerprint density at radius 3 is 2.75 bits per heavy atom. The number of aryl methyl sites for hydroxylation is 1. The van der Waals surface area contributed by atoms with Crippen molar-refractivity contribution in [3.63, 3.8) is 0 Å². The van der Waals surface area contributed by atoms with Crippen molar-refractivity contribution in [2.24, 2.45) is 0 Å². The molecule has 0 bridgehead atoms. The van der Waals surface area contributed by atoms with Crippen LogP contribution >= 0.6 is 0 Å². The largest absolute Gasteiger partial charge is 0.467 e. The summed E-state index contributed by atoms with van der Waals surface area (Å²) in [6.07, 6.45) is 2.79. The third-order valence-corrected chi connectivity index (χ3v) is 3.25. The van der Waals surface area contributed by atoms with Crippen LogP contribution in [0, 0.1) is 0 Å². The molecule has 0 spiro atoms. The van der Waals surface area contributed by atoms with Crippen LogP contribution in [0.4, 0.5) is 0 Å². The number of benzene rings is 1. The van der Waals surface area contributed by atoms with E-state index >= 15 is 0 Å². The average Bonchev–Trinajstić information content (AvgIpc) is 3.00. The minimum atomic E-state index is -0.313. The Bertz CT molecular complexity index is 549. The molecule has 2 rings (SSSR count). The van der Waals surface area contributed by atoms with E-state index < -0.39 is 0 Å². The number of hydrogen-bond acceptors (Lipinski definition) is 3. The van der Waals surface area contributed by atoms with Gasteiger partial charge in [0.25, 0.3) is 5.91 Å². The number of hydrogen-bond donors (Lipinski definition) is 2. The Balaban J connectivity index is 2.16. The number of aliphatic hydroxyl groups is 1. The highest BCUT2D eigenvalue weighted by Gasteiger charge is 2.18. The van der Waals surface area contributed by atoms with E-state index in [-0.39, 0.29) is 18.6 Å². The Hall–Kier alpha value is -2.07. The highest BCUT2D eigenvalue weighted by molar-refractivity contribution is 5.95. The molecule has 4 nitrogen and oxygen atoms in total. The maximum absolute atomic E-state index is 12.4. The van der Waals surface area contributed by atoms with Crippen molar-refractivity contribution in [2.45, 2.75) is 25.8 Å². The molecule has 1 amide bonds. The van der Waals surface area contributed by atoms with Gasteiger partial charge in [-0.15, -0.1) is 0 Å². The summed E-state index contributed by atoms with van der Waals surface area (Å²) >= 11 is 0. The summed E-state index contributed by atoms with van der Waals surface area (Å²) in [5.74, 6) is 0.513. The normalized spacial score (nSPS) is 12.1. The van der Waals surface area contributed by atoms with Gasteiger partial charge in [0.05, 0.1) is 12.3 Å². The molecule has 4 heteroatoms. The van der Waals surface area contributed by atoms with E-state index in [0.29, 0.717) is 17.7 Å². The second kappa shape index (κ2) is 6.91. The number of nitrogens with one attached hydrogen (secondary N) is 1. The maximum atomic E-state index is 12.4. The van der Waals surface area contributed by atoms with Crippen molar-refractivity contribution in [3.05, 3.63) is 59.5 Å². The molecule has 2 aromatic rings. The van der Waals surface area contributed by atoms with E-state index in [4.69, 9.17) is 9.52 Å². The van der Waals surface area contributed by atoms with Crippen LogP contribution in [0.3, 0.4) is 0 Å². The molecule has 0 fully saturated rings. The van der Waals surface area contributed by atoms with Gasteiger partial charge in [0.2, 0.25) is 0 Å². The molecular weight excluding hydrogens is 254 g/mol. The van der Waals surface area contributed by atoms with Gasteiger partial charge in [-0.25, -0.2) is 0 Å². The molecule has 1 aromatic carbocycles. The summed E-state index contributed by atoms with van der Waals surface area (Å²) < 4.78 is 5.32. The van der Waals surface area contributed by atoms with Crippen LogP contribution in [0.1, 0.15) is 41.1 Å². The lowest BCUT2D eigenvalue weighted by Crippen LogP contribution is -2.29. The van der Waals surface area contributed by atoms with Crippen LogP contribution in [-0.4, -0.2) is 17.6 Å². The number of rotatable bonds is 6. The molecule has 1 atom stereocenters. The lowest BCUT2D eigenvalue weighted by atomic mass is 10.0. The number of carbonyl (C=O) groups excluding carboxylic acids is 1. The number of aliphatic hydroxyl groups excluding tert-OH is 1. The van der Waals surface area contributed by atoms with Crippen LogP contribution in [0.5, 0.6) is 0 Å². The first-order valence-corrected chi connectivity index (χ1v) is 6.79. The van der Waals surface area contributed by atoms with E-state index in [0.717, 1.165) is 12.0 Å². The predicted octanol–water partition coefficient (Wildman–Crippen LogP) is 2.70. The molecule has 2 N–H and O–H groups in total. The predicted molar refractivity (Wildman–Crippen MR) is 76.4 cm³/mol. The number of furan rings is 1. The first kappa shape index (κ1) is 14.3. The molecule has 0 aliphatic carbocycles. The smallest absolute Gasteiger partial charge is 0.252 e. The van der Waals surface area contributed by atoms with E-state index in [2.05, 4.69) is 5.32 Å². The van der Waals surface area contributed by atoms with Crippen molar-refractivity contribution in [1.82, 2.24) is 5.32 Å². The van der Waals surface area contributed by atoms with Crippen LogP contribution < -0.4 is 5.32 Å². The van der Waals surface area contributed by atoms with Gasteiger partial charge in [-0.05, 0) is 36.6 Å². The van der Waals surface area contributed by atoms with Gasteiger partial charge in [-0.1, -0.05) is 25.1 Å². The second-order valence-corrected chi connectivity index (χ2v) is 4.56. The Kier molecular flexibility index (Phi) is 4.96. The quantitative estimate of drug-likeness (QED) is 0.850. The topological polar surface area (TPSA) is 62.5 Å². The van der Waals surface area contributed by atoms with Gasteiger partial charge in [0, 0.05) is 12.2 Å². The number of amides is 1. The van der Waals surface area contributed by atoms with Crippen molar-refractivity contribution in [2.75, 3.05) is 6.61 Å². The molecule has 1 aromatic heterocycles. The summed E-state index contributed by atoms with van der Waals surface area (Å²) in [5, 5.41) is 12.0. The summed E-state index contributed by atoms with van der Waals surface area (Å²) in [6, 6.07) is 10.8. The highest BCUT2D eigenvalue weighted by Crippen LogP contribution is 2.18. The third-order valence-electron chi connectivity index (χ3n) is 3.25. The lowest BCUT2D eigenvalue weighted by molar-refractivity contribution is 0.0922. The lowest BCUT2D eigenvalue weighted by Gasteiger charge is -2.16. The summed E-state index contributed by atoms with van der Waals surface area (Å²) in [5.41, 5.74) is 1.68. The summed E-state index contributed by atoms with van der Waals surface area (Å²) in [7, 11) is 0. The van der Waals surface area contributed by atoms with Crippen molar-refractivity contribution in [1.29, 1.82) is 0 Å². The zero-order valence-electron chi connectivity index (χ0n) is 11.5. The van der Waals surface area contributed by atoms with Crippen LogP contribution in [0.25, 0.3) is 0 Å². The Morgan fingerprint density at radius 2 is 2.10 bits per heavy atom. The Labute approximate surface area is 118 Å². The fraction of sp³-hybridized carbons (Fsp3) is 0.312. The molecule has 0 radical (unpaired) electrons. The van der Waals surface area contributed by atoms with E-state index in [1.165, 1.54) is 0 Å². The van der Waals surface area contributed by atoms with Gasteiger partial charge >= 0.3 is 0 Å². The van der Waals surface area contributed by atoms with Gasteiger partial charge in [-0.2, -0.15) is 0 Å². The minimum absolute atomic E-state index is 0.0128. The summed E-state index contributed by atoms with van der Waals surface area (Å²) in [4.78, 5) is 12.4. The van der Waals surface area contributed by atoms with E-state index in [9.17, 15) is 4.79 Å². The molecule has 0 aliphatic rings. The van der Waals surface area contributed by atoms with Gasteiger partial charge in [0.1, 0.15) is 5.76 Å². The maximum Gasteiger partial charge on any atom is 0.252 e. The van der Waals surface area contributed by atoms with Crippen molar-refractivity contribution in [3.8, 4) is 0 Å². The zero-order valence-corrected chi connectivity index (χ0v) is 11.5. The van der Waals surface area contributed by atoms with E-state index in [1.807, 2.05) is 31.2 Å².